The molecule has 1 aliphatic rings. The van der Waals surface area contributed by atoms with Gasteiger partial charge in [-0.3, -0.25) is 0 Å². The van der Waals surface area contributed by atoms with E-state index >= 15 is 0 Å². The zero-order valence-corrected chi connectivity index (χ0v) is 12.5. The minimum absolute atomic E-state index is 0.374. The van der Waals surface area contributed by atoms with Crippen LogP contribution in [0.4, 0.5) is 5.69 Å². The lowest BCUT2D eigenvalue weighted by Crippen LogP contribution is -2.18. The monoisotopic (exact) mass is 287 g/mol. The van der Waals surface area contributed by atoms with Crippen molar-refractivity contribution in [3.8, 4) is 17.1 Å². The third-order valence-corrected chi connectivity index (χ3v) is 4.25. The van der Waals surface area contributed by atoms with Crippen LogP contribution in [0.1, 0.15) is 38.6 Å². The number of methoxy groups -OCH3 is 1. The van der Waals surface area contributed by atoms with Crippen molar-refractivity contribution in [1.82, 2.24) is 20.2 Å². The van der Waals surface area contributed by atoms with Crippen LogP contribution in [0.3, 0.4) is 0 Å². The Bertz CT molecular complexity index is 616. The molecule has 0 radical (unpaired) electrons. The highest BCUT2D eigenvalue weighted by atomic mass is 16.5. The van der Waals surface area contributed by atoms with Gasteiger partial charge in [-0.15, -0.1) is 5.10 Å². The highest BCUT2D eigenvalue weighted by molar-refractivity contribution is 5.64. The van der Waals surface area contributed by atoms with Gasteiger partial charge in [0.1, 0.15) is 5.75 Å². The zero-order valence-electron chi connectivity index (χ0n) is 12.5. The Kier molecular flexibility index (Phi) is 3.77. The van der Waals surface area contributed by atoms with Crippen molar-refractivity contribution in [2.75, 3.05) is 12.8 Å². The van der Waals surface area contributed by atoms with Gasteiger partial charge in [0.2, 0.25) is 0 Å². The predicted molar refractivity (Wildman–Crippen MR) is 80.9 cm³/mol. The molecule has 21 heavy (non-hydrogen) atoms. The second-order valence-corrected chi connectivity index (χ2v) is 5.86. The number of tetrazole rings is 1. The van der Waals surface area contributed by atoms with E-state index in [-0.39, 0.29) is 0 Å². The van der Waals surface area contributed by atoms with Crippen LogP contribution in [0, 0.1) is 5.92 Å². The Morgan fingerprint density at radius 3 is 2.67 bits per heavy atom. The second kappa shape index (κ2) is 5.71. The first-order chi connectivity index (χ1) is 10.2. The standard InChI is InChI=1S/C15H21N5O/c1-10-3-5-13(6-4-10)20-15(17-18-19-20)11-7-12(16)9-14(8-11)21-2/h7-10,13H,3-6,16H2,1-2H3. The Balaban J connectivity index is 1.93. The lowest BCUT2D eigenvalue weighted by Gasteiger charge is -2.26. The molecular weight excluding hydrogens is 266 g/mol. The van der Waals surface area contributed by atoms with Crippen LogP contribution in [-0.2, 0) is 0 Å². The molecule has 2 aromatic rings. The molecule has 0 amide bonds. The lowest BCUT2D eigenvalue weighted by molar-refractivity contribution is 0.272. The number of rotatable bonds is 3. The summed E-state index contributed by atoms with van der Waals surface area (Å²) in [7, 11) is 1.63. The molecule has 0 bridgehead atoms. The third kappa shape index (κ3) is 2.84. The molecule has 1 aromatic heterocycles. The van der Waals surface area contributed by atoms with Crippen molar-refractivity contribution in [2.24, 2.45) is 5.92 Å². The van der Waals surface area contributed by atoms with Gasteiger partial charge in [0, 0.05) is 17.3 Å². The van der Waals surface area contributed by atoms with Crippen molar-refractivity contribution in [3.05, 3.63) is 18.2 Å². The number of nitrogens with zero attached hydrogens (tertiary/aromatic N) is 4. The normalized spacial score (nSPS) is 22.2. The van der Waals surface area contributed by atoms with Crippen molar-refractivity contribution >= 4 is 5.69 Å². The molecule has 0 spiro atoms. The smallest absolute Gasteiger partial charge is 0.182 e. The number of hydrogen-bond acceptors (Lipinski definition) is 5. The molecule has 0 saturated heterocycles. The first kappa shape index (κ1) is 13.9. The van der Waals surface area contributed by atoms with Crippen LogP contribution in [0.2, 0.25) is 0 Å². The molecule has 1 fully saturated rings. The number of nitrogen functional groups attached to an aromatic ring is 1. The number of benzene rings is 1. The van der Waals surface area contributed by atoms with Crippen molar-refractivity contribution in [3.63, 3.8) is 0 Å². The Morgan fingerprint density at radius 2 is 1.95 bits per heavy atom. The molecule has 112 valence electrons. The molecule has 6 nitrogen and oxygen atoms in total. The largest absolute Gasteiger partial charge is 0.497 e. The molecule has 3 rings (SSSR count). The van der Waals surface area contributed by atoms with Gasteiger partial charge in [-0.2, -0.15) is 0 Å². The van der Waals surface area contributed by atoms with E-state index < -0.39 is 0 Å². The number of hydrogen-bond donors (Lipinski definition) is 1. The SMILES string of the molecule is COc1cc(N)cc(-c2nnnn2C2CCC(C)CC2)c1. The predicted octanol–water partition coefficient (Wildman–Crippen LogP) is 2.68. The van der Waals surface area contributed by atoms with Crippen LogP contribution in [0.25, 0.3) is 11.4 Å². The molecule has 1 saturated carbocycles. The van der Waals surface area contributed by atoms with E-state index in [2.05, 4.69) is 22.4 Å². The van der Waals surface area contributed by atoms with Gasteiger partial charge in [0.25, 0.3) is 0 Å². The summed E-state index contributed by atoms with van der Waals surface area (Å²) in [5, 5.41) is 12.2. The van der Waals surface area contributed by atoms with E-state index in [1.165, 1.54) is 12.8 Å². The van der Waals surface area contributed by atoms with E-state index in [1.807, 2.05) is 16.8 Å². The molecule has 0 unspecified atom stereocenters. The van der Waals surface area contributed by atoms with E-state index in [4.69, 9.17) is 10.5 Å². The van der Waals surface area contributed by atoms with Crippen LogP contribution < -0.4 is 10.5 Å². The average Bonchev–Trinajstić information content (AvgIpc) is 2.97. The van der Waals surface area contributed by atoms with Crippen molar-refractivity contribution < 1.29 is 4.74 Å². The molecule has 0 atom stereocenters. The molecule has 1 aliphatic carbocycles. The van der Waals surface area contributed by atoms with Crippen LogP contribution in [0.15, 0.2) is 18.2 Å². The van der Waals surface area contributed by atoms with E-state index in [0.29, 0.717) is 11.7 Å². The molecular formula is C15H21N5O. The zero-order chi connectivity index (χ0) is 14.8. The fourth-order valence-corrected chi connectivity index (χ4v) is 2.99. The molecule has 1 heterocycles. The van der Waals surface area contributed by atoms with E-state index in [1.54, 1.807) is 13.2 Å². The summed E-state index contributed by atoms with van der Waals surface area (Å²) in [5.41, 5.74) is 7.48. The topological polar surface area (TPSA) is 78.8 Å². The molecule has 1 aromatic carbocycles. The minimum atomic E-state index is 0.374. The summed E-state index contributed by atoms with van der Waals surface area (Å²) in [6.45, 7) is 2.31. The van der Waals surface area contributed by atoms with Crippen molar-refractivity contribution in [2.45, 2.75) is 38.6 Å². The maximum atomic E-state index is 5.93. The average molecular weight is 287 g/mol. The maximum Gasteiger partial charge on any atom is 0.182 e. The van der Waals surface area contributed by atoms with E-state index in [0.717, 1.165) is 35.9 Å². The van der Waals surface area contributed by atoms with Gasteiger partial charge < -0.3 is 10.5 Å². The van der Waals surface area contributed by atoms with Crippen LogP contribution >= 0.6 is 0 Å². The number of nitrogens with two attached hydrogens (primary N) is 1. The molecule has 6 heteroatoms. The van der Waals surface area contributed by atoms with Crippen molar-refractivity contribution in [1.29, 1.82) is 0 Å². The second-order valence-electron chi connectivity index (χ2n) is 5.86. The number of anilines is 1. The Morgan fingerprint density at radius 1 is 1.19 bits per heavy atom. The number of ether oxygens (including phenoxy) is 1. The molecule has 0 aliphatic heterocycles. The fourth-order valence-electron chi connectivity index (χ4n) is 2.99. The summed E-state index contributed by atoms with van der Waals surface area (Å²) < 4.78 is 7.22. The van der Waals surface area contributed by atoms with Crippen LogP contribution in [0.5, 0.6) is 5.75 Å². The highest BCUT2D eigenvalue weighted by Gasteiger charge is 2.24. The minimum Gasteiger partial charge on any atom is -0.497 e. The summed E-state index contributed by atoms with van der Waals surface area (Å²) in [6.07, 6.45) is 4.70. The summed E-state index contributed by atoms with van der Waals surface area (Å²) in [4.78, 5) is 0. The lowest BCUT2D eigenvalue weighted by atomic mass is 9.87. The number of aromatic nitrogens is 4. The first-order valence-corrected chi connectivity index (χ1v) is 7.40. The maximum absolute atomic E-state index is 5.93. The van der Waals surface area contributed by atoms with Gasteiger partial charge >= 0.3 is 0 Å². The molecule has 2 N–H and O–H groups in total. The van der Waals surface area contributed by atoms with E-state index in [9.17, 15) is 0 Å². The van der Waals surface area contributed by atoms with Gasteiger partial charge in [0.15, 0.2) is 5.82 Å². The summed E-state index contributed by atoms with van der Waals surface area (Å²) in [5.74, 6) is 2.28. The summed E-state index contributed by atoms with van der Waals surface area (Å²) in [6, 6.07) is 5.97. The fraction of sp³-hybridized carbons (Fsp3) is 0.533. The Labute approximate surface area is 124 Å². The quantitative estimate of drug-likeness (QED) is 0.878. The third-order valence-electron chi connectivity index (χ3n) is 4.25. The van der Waals surface area contributed by atoms with Gasteiger partial charge in [-0.25, -0.2) is 4.68 Å². The van der Waals surface area contributed by atoms with Gasteiger partial charge in [0.05, 0.1) is 13.2 Å². The first-order valence-electron chi connectivity index (χ1n) is 7.40. The van der Waals surface area contributed by atoms with Crippen LogP contribution in [-0.4, -0.2) is 27.3 Å². The Hall–Kier alpha value is -2.11. The van der Waals surface area contributed by atoms with Gasteiger partial charge in [-0.1, -0.05) is 6.92 Å². The highest BCUT2D eigenvalue weighted by Crippen LogP contribution is 2.34. The summed E-state index contributed by atoms with van der Waals surface area (Å²) >= 11 is 0. The van der Waals surface area contributed by atoms with Gasteiger partial charge in [-0.05, 0) is 54.2 Å².